The Morgan fingerprint density at radius 3 is 2.29 bits per heavy atom. The lowest BCUT2D eigenvalue weighted by atomic mass is 10.1. The molecule has 0 saturated heterocycles. The van der Waals surface area contributed by atoms with Crippen molar-refractivity contribution in [1.29, 1.82) is 0 Å². The largest absolute Gasteiger partial charge is 0.324 e. The maximum absolute atomic E-state index is 13.7. The summed E-state index contributed by atoms with van der Waals surface area (Å²) in [6, 6.07) is 26.7. The van der Waals surface area contributed by atoms with Crippen molar-refractivity contribution in [3.05, 3.63) is 96.1 Å². The van der Waals surface area contributed by atoms with Crippen molar-refractivity contribution in [2.24, 2.45) is 0 Å². The van der Waals surface area contributed by atoms with E-state index in [0.717, 1.165) is 27.8 Å². The number of nitrogens with zero attached hydrogens (tertiary/aromatic N) is 2. The highest BCUT2D eigenvalue weighted by Crippen LogP contribution is 2.43. The zero-order valence-corrected chi connectivity index (χ0v) is 16.3. The second-order valence-corrected chi connectivity index (χ2v) is 9.03. The summed E-state index contributed by atoms with van der Waals surface area (Å²) in [5, 5.41) is 1.05. The van der Waals surface area contributed by atoms with Crippen LogP contribution in [-0.2, 0) is 16.6 Å². The molecule has 140 valence electrons. The molecule has 0 saturated carbocycles. The van der Waals surface area contributed by atoms with E-state index in [1.54, 1.807) is 16.4 Å². The summed E-state index contributed by atoms with van der Waals surface area (Å²) in [5.41, 5.74) is 3.08. The van der Waals surface area contributed by atoms with Gasteiger partial charge < -0.3 is 4.57 Å². The number of fused-ring (bicyclic) bond motifs is 3. The van der Waals surface area contributed by atoms with Crippen molar-refractivity contribution in [3.63, 3.8) is 0 Å². The van der Waals surface area contributed by atoms with E-state index >= 15 is 0 Å². The number of rotatable bonds is 3. The molecule has 0 bridgehead atoms. The van der Waals surface area contributed by atoms with E-state index in [-0.39, 0.29) is 6.04 Å². The third kappa shape index (κ3) is 2.54. The number of anilines is 1. The predicted octanol–water partition coefficient (Wildman–Crippen LogP) is 4.90. The van der Waals surface area contributed by atoms with E-state index in [9.17, 15) is 8.42 Å². The van der Waals surface area contributed by atoms with Gasteiger partial charge in [0, 0.05) is 10.9 Å². The zero-order valence-electron chi connectivity index (χ0n) is 15.5. The lowest BCUT2D eigenvalue weighted by Gasteiger charge is -2.26. The minimum Gasteiger partial charge on any atom is -0.324 e. The highest BCUT2D eigenvalue weighted by atomic mass is 32.2. The van der Waals surface area contributed by atoms with Gasteiger partial charge >= 0.3 is 0 Å². The molecule has 3 aromatic carbocycles. The van der Waals surface area contributed by atoms with Crippen molar-refractivity contribution in [1.82, 2.24) is 4.57 Å². The molecule has 0 aliphatic carbocycles. The van der Waals surface area contributed by atoms with E-state index in [0.29, 0.717) is 11.4 Å². The van der Waals surface area contributed by atoms with Crippen molar-refractivity contribution in [2.45, 2.75) is 24.4 Å². The van der Waals surface area contributed by atoms with Crippen LogP contribution in [-0.4, -0.2) is 13.0 Å². The predicted molar refractivity (Wildman–Crippen MR) is 112 cm³/mol. The topological polar surface area (TPSA) is 42.3 Å². The maximum atomic E-state index is 13.7. The first-order chi connectivity index (χ1) is 13.6. The molecule has 5 rings (SSSR count). The van der Waals surface area contributed by atoms with Crippen molar-refractivity contribution in [3.8, 4) is 0 Å². The maximum Gasteiger partial charge on any atom is 0.266 e. The van der Waals surface area contributed by atoms with Crippen LogP contribution in [0.4, 0.5) is 5.82 Å². The average molecular weight is 388 g/mol. The zero-order chi connectivity index (χ0) is 19.3. The van der Waals surface area contributed by atoms with Gasteiger partial charge in [0.15, 0.2) is 0 Å². The second-order valence-electron chi connectivity index (χ2n) is 7.21. The smallest absolute Gasteiger partial charge is 0.266 e. The van der Waals surface area contributed by atoms with Gasteiger partial charge in [0.25, 0.3) is 10.0 Å². The summed E-state index contributed by atoms with van der Waals surface area (Å²) in [4.78, 5) is 0.317. The summed E-state index contributed by atoms with van der Waals surface area (Å²) in [6.45, 7) is 2.55. The molecule has 0 spiro atoms. The average Bonchev–Trinajstić information content (AvgIpc) is 3.25. The lowest BCUT2D eigenvalue weighted by Crippen LogP contribution is -2.32. The Hall–Kier alpha value is -3.05. The van der Waals surface area contributed by atoms with Gasteiger partial charge in [-0.25, -0.2) is 12.7 Å². The third-order valence-corrected chi connectivity index (χ3v) is 7.24. The summed E-state index contributed by atoms with van der Waals surface area (Å²) >= 11 is 0. The Labute approximate surface area is 164 Å². The molecular weight excluding hydrogens is 368 g/mol. The number of hydrogen-bond acceptors (Lipinski definition) is 2. The van der Waals surface area contributed by atoms with E-state index in [2.05, 4.69) is 4.57 Å². The van der Waals surface area contributed by atoms with Crippen LogP contribution in [0.1, 0.15) is 17.2 Å². The van der Waals surface area contributed by atoms with Crippen LogP contribution in [0.2, 0.25) is 0 Å². The first-order valence-corrected chi connectivity index (χ1v) is 10.7. The summed E-state index contributed by atoms with van der Waals surface area (Å²) in [5.74, 6) is 0.718. The van der Waals surface area contributed by atoms with Crippen LogP contribution in [0.5, 0.6) is 0 Å². The van der Waals surface area contributed by atoms with Gasteiger partial charge in [-0.3, -0.25) is 0 Å². The van der Waals surface area contributed by atoms with Crippen LogP contribution in [0, 0.1) is 6.92 Å². The van der Waals surface area contributed by atoms with E-state index in [1.165, 1.54) is 0 Å². The quantitative estimate of drug-likeness (QED) is 0.501. The van der Waals surface area contributed by atoms with Gasteiger partial charge in [0.1, 0.15) is 5.82 Å². The Morgan fingerprint density at radius 1 is 0.857 bits per heavy atom. The molecule has 1 aliphatic rings. The van der Waals surface area contributed by atoms with E-state index in [4.69, 9.17) is 0 Å². The first-order valence-electron chi connectivity index (χ1n) is 9.30. The number of aryl methyl sites for hydroxylation is 1. The molecule has 4 aromatic rings. The van der Waals surface area contributed by atoms with E-state index in [1.807, 2.05) is 79.7 Å². The monoisotopic (exact) mass is 388 g/mol. The van der Waals surface area contributed by atoms with Crippen LogP contribution in [0.3, 0.4) is 0 Å². The second kappa shape index (κ2) is 6.24. The van der Waals surface area contributed by atoms with Crippen LogP contribution < -0.4 is 4.31 Å². The minimum absolute atomic E-state index is 0.271. The number of benzene rings is 3. The number of para-hydroxylation sites is 1. The molecule has 2 heterocycles. The fourth-order valence-electron chi connectivity index (χ4n) is 4.01. The Kier molecular flexibility index (Phi) is 3.81. The molecule has 0 amide bonds. The van der Waals surface area contributed by atoms with Crippen molar-refractivity contribution < 1.29 is 8.42 Å². The molecule has 4 nitrogen and oxygen atoms in total. The summed E-state index contributed by atoms with van der Waals surface area (Å²) in [6.07, 6.45) is 0. The molecule has 1 atom stereocenters. The fraction of sp³-hybridized carbons (Fsp3) is 0.130. The van der Waals surface area contributed by atoms with Gasteiger partial charge in [0.05, 0.1) is 17.5 Å². The summed E-state index contributed by atoms with van der Waals surface area (Å²) < 4.78 is 31.1. The molecule has 0 radical (unpaired) electrons. The van der Waals surface area contributed by atoms with Gasteiger partial charge in [-0.15, -0.1) is 0 Å². The molecule has 0 N–H and O–H groups in total. The molecule has 1 aliphatic heterocycles. The number of sulfonamides is 1. The molecule has 1 unspecified atom stereocenters. The van der Waals surface area contributed by atoms with Gasteiger partial charge in [-0.05, 0) is 36.8 Å². The van der Waals surface area contributed by atoms with Crippen molar-refractivity contribution in [2.75, 3.05) is 4.31 Å². The minimum atomic E-state index is -3.70. The SMILES string of the molecule is Cc1ccc(S(=O)(=O)N2c3cc4ccccc4n3CC2c2ccccc2)cc1. The van der Waals surface area contributed by atoms with Gasteiger partial charge in [-0.2, -0.15) is 0 Å². The van der Waals surface area contributed by atoms with Crippen LogP contribution >= 0.6 is 0 Å². The Morgan fingerprint density at radius 2 is 1.54 bits per heavy atom. The van der Waals surface area contributed by atoms with E-state index < -0.39 is 10.0 Å². The van der Waals surface area contributed by atoms with Gasteiger partial charge in [0.2, 0.25) is 0 Å². The summed E-state index contributed by atoms with van der Waals surface area (Å²) in [7, 11) is -3.70. The Bertz CT molecular complexity index is 1260. The highest BCUT2D eigenvalue weighted by Gasteiger charge is 2.40. The fourth-order valence-corrected chi connectivity index (χ4v) is 5.64. The van der Waals surface area contributed by atoms with Crippen LogP contribution in [0.25, 0.3) is 10.9 Å². The van der Waals surface area contributed by atoms with Crippen LogP contribution in [0.15, 0.2) is 89.8 Å². The molecule has 5 heteroatoms. The third-order valence-electron chi connectivity index (χ3n) is 5.42. The van der Waals surface area contributed by atoms with Gasteiger partial charge in [-0.1, -0.05) is 66.2 Å². The first kappa shape index (κ1) is 17.1. The highest BCUT2D eigenvalue weighted by molar-refractivity contribution is 7.92. The molecule has 0 fully saturated rings. The molecular formula is C23H20N2O2S. The molecule has 28 heavy (non-hydrogen) atoms. The van der Waals surface area contributed by atoms with Crippen molar-refractivity contribution >= 4 is 26.7 Å². The number of hydrogen-bond donors (Lipinski definition) is 0. The standard InChI is InChI=1S/C23H20N2O2S/c1-17-11-13-20(14-12-17)28(26,27)25-22(18-7-3-2-4-8-18)16-24-21-10-6-5-9-19(21)15-23(24)25/h2-15,22H,16H2,1H3. The lowest BCUT2D eigenvalue weighted by molar-refractivity contribution is 0.578. The normalized spacial score (nSPS) is 16.5. The molecule has 1 aromatic heterocycles. The number of aromatic nitrogens is 1. The Balaban J connectivity index is 1.72.